The van der Waals surface area contributed by atoms with Crippen molar-refractivity contribution in [2.75, 3.05) is 6.61 Å². The fourth-order valence-electron chi connectivity index (χ4n) is 3.78. The molecule has 1 heterocycles. The van der Waals surface area contributed by atoms with Gasteiger partial charge in [-0.15, -0.1) is 0 Å². The lowest BCUT2D eigenvalue weighted by Crippen LogP contribution is -2.48. The third-order valence-corrected chi connectivity index (χ3v) is 5.93. The summed E-state index contributed by atoms with van der Waals surface area (Å²) >= 11 is 3.38. The molecule has 1 aliphatic heterocycles. The van der Waals surface area contributed by atoms with E-state index in [1.165, 1.54) is 0 Å². The number of hydrogen-bond acceptors (Lipinski definition) is 4. The summed E-state index contributed by atoms with van der Waals surface area (Å²) in [6.45, 7) is 2.60. The predicted molar refractivity (Wildman–Crippen MR) is 101 cm³/mol. The molecule has 0 unspecified atom stereocenters. The summed E-state index contributed by atoms with van der Waals surface area (Å²) in [6.07, 6.45) is 1.11. The number of benzene rings is 2. The van der Waals surface area contributed by atoms with Crippen molar-refractivity contribution in [2.24, 2.45) is 5.41 Å². The van der Waals surface area contributed by atoms with Crippen LogP contribution in [0.5, 0.6) is 0 Å². The largest absolute Gasteiger partial charge is 0.458 e. The Morgan fingerprint density at radius 3 is 2.58 bits per heavy atom. The van der Waals surface area contributed by atoms with Crippen LogP contribution in [0.4, 0.5) is 0 Å². The molecule has 4 rings (SSSR count). The van der Waals surface area contributed by atoms with Gasteiger partial charge in [0.1, 0.15) is 6.10 Å². The number of fused-ring (bicyclic) bond motifs is 1. The lowest BCUT2D eigenvalue weighted by molar-refractivity contribution is -0.270. The quantitative estimate of drug-likeness (QED) is 0.668. The van der Waals surface area contributed by atoms with Gasteiger partial charge in [-0.05, 0) is 37.1 Å². The van der Waals surface area contributed by atoms with Crippen LogP contribution in [0.3, 0.4) is 0 Å². The number of hydrogen-bond donors (Lipinski definition) is 0. The van der Waals surface area contributed by atoms with Crippen LogP contribution in [-0.4, -0.2) is 24.8 Å². The zero-order valence-corrected chi connectivity index (χ0v) is 16.1. The highest BCUT2D eigenvalue weighted by molar-refractivity contribution is 9.10. The summed E-state index contributed by atoms with van der Waals surface area (Å²) < 4.78 is 19.0. The van der Waals surface area contributed by atoms with Crippen LogP contribution in [0.2, 0.25) is 0 Å². The van der Waals surface area contributed by atoms with Gasteiger partial charge in [-0.2, -0.15) is 0 Å². The van der Waals surface area contributed by atoms with E-state index in [9.17, 15) is 4.79 Å². The van der Waals surface area contributed by atoms with Gasteiger partial charge >= 0.3 is 5.97 Å². The van der Waals surface area contributed by atoms with E-state index < -0.39 is 0 Å². The van der Waals surface area contributed by atoms with E-state index in [0.717, 1.165) is 22.9 Å². The lowest BCUT2D eigenvalue weighted by Gasteiger charge is -2.42. The van der Waals surface area contributed by atoms with E-state index in [1.807, 2.05) is 42.5 Å². The molecule has 2 aliphatic rings. The molecule has 0 aromatic heterocycles. The molecule has 1 saturated carbocycles. The molecule has 5 heteroatoms. The van der Waals surface area contributed by atoms with E-state index in [-0.39, 0.29) is 29.9 Å². The monoisotopic (exact) mass is 416 g/mol. The second-order valence-electron chi connectivity index (χ2n) is 7.16. The molecule has 26 heavy (non-hydrogen) atoms. The van der Waals surface area contributed by atoms with Crippen molar-refractivity contribution in [3.8, 4) is 0 Å². The van der Waals surface area contributed by atoms with Gasteiger partial charge in [0.2, 0.25) is 0 Å². The van der Waals surface area contributed by atoms with Gasteiger partial charge < -0.3 is 14.2 Å². The number of carbonyl (C=O) groups is 1. The summed E-state index contributed by atoms with van der Waals surface area (Å²) in [4.78, 5) is 12.5. The Hall–Kier alpha value is -1.69. The summed E-state index contributed by atoms with van der Waals surface area (Å²) in [5.41, 5.74) is 1.25. The molecule has 0 N–H and O–H groups in total. The number of halogens is 1. The molecule has 0 amide bonds. The molecule has 0 spiro atoms. The maximum absolute atomic E-state index is 12.5. The Labute approximate surface area is 161 Å². The molecule has 2 fully saturated rings. The molecule has 4 atom stereocenters. The lowest BCUT2D eigenvalue weighted by atomic mass is 9.84. The first-order chi connectivity index (χ1) is 12.6. The highest BCUT2D eigenvalue weighted by atomic mass is 79.9. The first-order valence-corrected chi connectivity index (χ1v) is 9.64. The van der Waals surface area contributed by atoms with Gasteiger partial charge in [0.25, 0.3) is 0 Å². The summed E-state index contributed by atoms with van der Waals surface area (Å²) in [5.74, 6) is -0.297. The van der Waals surface area contributed by atoms with Crippen molar-refractivity contribution in [3.63, 3.8) is 0 Å². The van der Waals surface area contributed by atoms with E-state index in [1.54, 1.807) is 12.1 Å². The fraction of sp³-hybridized carbons (Fsp3) is 0.381. The van der Waals surface area contributed by atoms with Crippen LogP contribution in [0, 0.1) is 5.41 Å². The van der Waals surface area contributed by atoms with Crippen molar-refractivity contribution < 1.29 is 19.0 Å². The van der Waals surface area contributed by atoms with Crippen molar-refractivity contribution in [1.29, 1.82) is 0 Å². The molecule has 1 aliphatic carbocycles. The maximum Gasteiger partial charge on any atom is 0.338 e. The molecule has 136 valence electrons. The van der Waals surface area contributed by atoms with Crippen LogP contribution in [0.1, 0.15) is 42.0 Å². The maximum atomic E-state index is 12.5. The van der Waals surface area contributed by atoms with Crippen LogP contribution >= 0.6 is 15.9 Å². The van der Waals surface area contributed by atoms with E-state index in [4.69, 9.17) is 14.2 Å². The number of carbonyl (C=O) groups excluding carboxylic acids is 1. The first kappa shape index (κ1) is 17.7. The van der Waals surface area contributed by atoms with Crippen LogP contribution < -0.4 is 0 Å². The zero-order chi connectivity index (χ0) is 18.1. The van der Waals surface area contributed by atoms with Crippen LogP contribution in [0.15, 0.2) is 59.1 Å². The summed E-state index contributed by atoms with van der Waals surface area (Å²) in [7, 11) is 0. The third-order valence-electron chi connectivity index (χ3n) is 5.40. The molecular weight excluding hydrogens is 396 g/mol. The average molecular weight is 417 g/mol. The van der Waals surface area contributed by atoms with E-state index >= 15 is 0 Å². The molecule has 0 bridgehead atoms. The minimum absolute atomic E-state index is 0.0178. The zero-order valence-electron chi connectivity index (χ0n) is 14.6. The smallest absolute Gasteiger partial charge is 0.338 e. The van der Waals surface area contributed by atoms with Crippen molar-refractivity contribution in [2.45, 2.75) is 38.3 Å². The van der Waals surface area contributed by atoms with Gasteiger partial charge in [0.05, 0.1) is 23.7 Å². The molecule has 1 saturated heterocycles. The Kier molecular flexibility index (Phi) is 4.86. The predicted octanol–water partition coefficient (Wildman–Crippen LogP) is 4.89. The average Bonchev–Trinajstić information content (AvgIpc) is 2.98. The summed E-state index contributed by atoms with van der Waals surface area (Å²) in [5, 5.41) is 0. The van der Waals surface area contributed by atoms with Crippen molar-refractivity contribution in [1.82, 2.24) is 0 Å². The molecule has 4 nitrogen and oxygen atoms in total. The second-order valence-corrected chi connectivity index (χ2v) is 8.08. The molecule has 2 aromatic carbocycles. The van der Waals surface area contributed by atoms with Gasteiger partial charge in [0, 0.05) is 10.0 Å². The number of esters is 1. The highest BCUT2D eigenvalue weighted by Crippen LogP contribution is 2.48. The third kappa shape index (κ3) is 3.31. The van der Waals surface area contributed by atoms with Crippen molar-refractivity contribution >= 4 is 21.9 Å². The standard InChI is InChI=1S/C21H21BrO4/c1-21-13-24-20(15-5-3-2-4-6-15)26-18(21)12-11-17(21)25-19(23)14-7-9-16(22)10-8-14/h2-10,17-18,20H,11-13H2,1H3/t17-,18-,20+,21+/m0/s1. The molecule has 2 aromatic rings. The minimum atomic E-state index is -0.352. The van der Waals surface area contributed by atoms with Crippen LogP contribution in [-0.2, 0) is 14.2 Å². The first-order valence-electron chi connectivity index (χ1n) is 8.85. The Morgan fingerprint density at radius 2 is 1.85 bits per heavy atom. The van der Waals surface area contributed by atoms with Gasteiger partial charge in [-0.1, -0.05) is 53.2 Å². The Bertz CT molecular complexity index is 776. The normalized spacial score (nSPS) is 30.6. The fourth-order valence-corrected chi connectivity index (χ4v) is 4.05. The molecular formula is C21H21BrO4. The van der Waals surface area contributed by atoms with Gasteiger partial charge in [-0.3, -0.25) is 0 Å². The number of ether oxygens (including phenoxy) is 3. The van der Waals surface area contributed by atoms with E-state index in [2.05, 4.69) is 22.9 Å². The highest BCUT2D eigenvalue weighted by Gasteiger charge is 2.53. The topological polar surface area (TPSA) is 44.8 Å². The van der Waals surface area contributed by atoms with Crippen molar-refractivity contribution in [3.05, 3.63) is 70.2 Å². The summed E-state index contributed by atoms with van der Waals surface area (Å²) in [6, 6.07) is 17.2. The SMILES string of the molecule is C[C@]12CO[C@@H](c3ccccc3)O[C@H]1CC[C@@H]2OC(=O)c1ccc(Br)cc1. The van der Waals surface area contributed by atoms with E-state index in [0.29, 0.717) is 12.2 Å². The van der Waals surface area contributed by atoms with Gasteiger partial charge in [-0.25, -0.2) is 4.79 Å². The van der Waals surface area contributed by atoms with Crippen LogP contribution in [0.25, 0.3) is 0 Å². The Balaban J connectivity index is 1.44. The Morgan fingerprint density at radius 1 is 1.12 bits per heavy atom. The van der Waals surface area contributed by atoms with Gasteiger partial charge in [0.15, 0.2) is 6.29 Å². The number of rotatable bonds is 3. The second kappa shape index (κ2) is 7.14. The molecule has 0 radical (unpaired) electrons. The minimum Gasteiger partial charge on any atom is -0.458 e.